The third-order valence-electron chi connectivity index (χ3n) is 3.80. The molecule has 3 nitrogen and oxygen atoms in total. The van der Waals surface area contributed by atoms with E-state index in [1.165, 1.54) is 30.4 Å². The van der Waals surface area contributed by atoms with Crippen molar-refractivity contribution >= 4 is 5.82 Å². The summed E-state index contributed by atoms with van der Waals surface area (Å²) in [5.41, 5.74) is 4.07. The van der Waals surface area contributed by atoms with E-state index in [1.807, 2.05) is 13.0 Å². The number of rotatable bonds is 4. The maximum atomic E-state index is 4.22. The molecule has 0 aliphatic heterocycles. The Balaban J connectivity index is 1.50. The smallest absolute Gasteiger partial charge is 0.129 e. The number of hydrogen-bond acceptors (Lipinski definition) is 3. The molecule has 0 atom stereocenters. The summed E-state index contributed by atoms with van der Waals surface area (Å²) in [5, 5.41) is 3.39. The van der Waals surface area contributed by atoms with Gasteiger partial charge in [-0.2, -0.15) is 0 Å². The van der Waals surface area contributed by atoms with Crippen molar-refractivity contribution in [2.24, 2.45) is 5.92 Å². The standard InChI is InChI=1S/C16H19N3/c1-12-8-16(19-11-18-12)17-7-6-13-9-14-4-2-3-5-15(14)10-13/h2-5,8,11,13H,6-7,9-10H2,1H3,(H,17,18,19). The fourth-order valence-corrected chi connectivity index (χ4v) is 2.81. The molecule has 0 saturated carbocycles. The number of benzene rings is 1. The van der Waals surface area contributed by atoms with Gasteiger partial charge in [-0.25, -0.2) is 9.97 Å². The summed E-state index contributed by atoms with van der Waals surface area (Å²) in [6, 6.07) is 10.8. The third-order valence-corrected chi connectivity index (χ3v) is 3.80. The van der Waals surface area contributed by atoms with Crippen LogP contribution in [0.25, 0.3) is 0 Å². The fourth-order valence-electron chi connectivity index (χ4n) is 2.81. The Morgan fingerprint density at radius 1 is 1.16 bits per heavy atom. The predicted octanol–water partition coefficient (Wildman–Crippen LogP) is 3.00. The van der Waals surface area contributed by atoms with Gasteiger partial charge < -0.3 is 5.32 Å². The van der Waals surface area contributed by atoms with Crippen molar-refractivity contribution in [3.63, 3.8) is 0 Å². The van der Waals surface area contributed by atoms with Gasteiger partial charge in [-0.15, -0.1) is 0 Å². The molecule has 0 unspecified atom stereocenters. The molecule has 0 amide bonds. The first kappa shape index (κ1) is 12.2. The van der Waals surface area contributed by atoms with Gasteiger partial charge in [-0.3, -0.25) is 0 Å². The van der Waals surface area contributed by atoms with Crippen LogP contribution in [0.1, 0.15) is 23.2 Å². The lowest BCUT2D eigenvalue weighted by Crippen LogP contribution is -2.10. The number of nitrogens with zero attached hydrogens (tertiary/aromatic N) is 2. The minimum atomic E-state index is 0.771. The average molecular weight is 253 g/mol. The normalized spacial score (nSPS) is 14.4. The van der Waals surface area contributed by atoms with E-state index in [-0.39, 0.29) is 0 Å². The third kappa shape index (κ3) is 2.92. The zero-order valence-corrected chi connectivity index (χ0v) is 11.3. The van der Waals surface area contributed by atoms with Gasteiger partial charge in [-0.1, -0.05) is 24.3 Å². The van der Waals surface area contributed by atoms with Crippen LogP contribution in [0.5, 0.6) is 0 Å². The summed E-state index contributed by atoms with van der Waals surface area (Å²) in [4.78, 5) is 8.32. The summed E-state index contributed by atoms with van der Waals surface area (Å²) < 4.78 is 0. The Labute approximate surface area is 114 Å². The number of aromatic nitrogens is 2. The van der Waals surface area contributed by atoms with E-state index in [0.717, 1.165) is 24.0 Å². The van der Waals surface area contributed by atoms with Crippen LogP contribution >= 0.6 is 0 Å². The molecule has 0 radical (unpaired) electrons. The summed E-state index contributed by atoms with van der Waals surface area (Å²) in [5.74, 6) is 1.70. The lowest BCUT2D eigenvalue weighted by molar-refractivity contribution is 0.529. The SMILES string of the molecule is Cc1cc(NCCC2Cc3ccccc3C2)ncn1. The molecule has 0 spiro atoms. The summed E-state index contributed by atoms with van der Waals surface area (Å²) in [6.45, 7) is 2.97. The van der Waals surface area contributed by atoms with Crippen molar-refractivity contribution in [2.75, 3.05) is 11.9 Å². The summed E-state index contributed by atoms with van der Waals surface area (Å²) in [6.07, 6.45) is 5.25. The minimum absolute atomic E-state index is 0.771. The van der Waals surface area contributed by atoms with Crippen LogP contribution in [0.2, 0.25) is 0 Å². The molecule has 1 aliphatic rings. The number of fused-ring (bicyclic) bond motifs is 1. The van der Waals surface area contributed by atoms with E-state index in [9.17, 15) is 0 Å². The molecule has 0 bridgehead atoms. The molecule has 3 rings (SSSR count). The Hall–Kier alpha value is -1.90. The van der Waals surface area contributed by atoms with Gasteiger partial charge in [0.1, 0.15) is 12.1 Å². The van der Waals surface area contributed by atoms with Gasteiger partial charge in [0, 0.05) is 18.3 Å². The number of aryl methyl sites for hydroxylation is 1. The Kier molecular flexibility index (Phi) is 3.45. The first-order valence-electron chi connectivity index (χ1n) is 6.90. The van der Waals surface area contributed by atoms with Crippen LogP contribution < -0.4 is 5.32 Å². The van der Waals surface area contributed by atoms with Crippen molar-refractivity contribution in [3.05, 3.63) is 53.5 Å². The highest BCUT2D eigenvalue weighted by atomic mass is 15.0. The lowest BCUT2D eigenvalue weighted by Gasteiger charge is -2.10. The quantitative estimate of drug-likeness (QED) is 0.910. The topological polar surface area (TPSA) is 37.8 Å². The van der Waals surface area contributed by atoms with Gasteiger partial charge in [0.15, 0.2) is 0 Å². The van der Waals surface area contributed by atoms with E-state index < -0.39 is 0 Å². The Morgan fingerprint density at radius 2 is 1.89 bits per heavy atom. The molecule has 1 aromatic carbocycles. The molecule has 1 aromatic heterocycles. The molecule has 19 heavy (non-hydrogen) atoms. The first-order valence-corrected chi connectivity index (χ1v) is 6.90. The van der Waals surface area contributed by atoms with Gasteiger partial charge in [0.2, 0.25) is 0 Å². The van der Waals surface area contributed by atoms with Crippen molar-refractivity contribution in [2.45, 2.75) is 26.2 Å². The molecule has 0 saturated heterocycles. The maximum Gasteiger partial charge on any atom is 0.129 e. The second kappa shape index (κ2) is 5.39. The van der Waals surface area contributed by atoms with Gasteiger partial charge in [0.05, 0.1) is 0 Å². The zero-order valence-electron chi connectivity index (χ0n) is 11.3. The van der Waals surface area contributed by atoms with E-state index in [0.29, 0.717) is 0 Å². The molecular formula is C16H19N3. The van der Waals surface area contributed by atoms with Crippen LogP contribution in [0, 0.1) is 12.8 Å². The highest BCUT2D eigenvalue weighted by Crippen LogP contribution is 2.28. The van der Waals surface area contributed by atoms with Gasteiger partial charge in [-0.05, 0) is 43.2 Å². The van der Waals surface area contributed by atoms with E-state index >= 15 is 0 Å². The highest BCUT2D eigenvalue weighted by Gasteiger charge is 2.20. The molecule has 98 valence electrons. The highest BCUT2D eigenvalue weighted by molar-refractivity contribution is 5.35. The lowest BCUT2D eigenvalue weighted by atomic mass is 10.0. The molecule has 1 N–H and O–H groups in total. The van der Waals surface area contributed by atoms with Crippen molar-refractivity contribution in [1.29, 1.82) is 0 Å². The minimum Gasteiger partial charge on any atom is -0.370 e. The largest absolute Gasteiger partial charge is 0.370 e. The van der Waals surface area contributed by atoms with Crippen LogP contribution in [0.15, 0.2) is 36.7 Å². The van der Waals surface area contributed by atoms with Crippen molar-refractivity contribution in [3.8, 4) is 0 Å². The van der Waals surface area contributed by atoms with E-state index in [4.69, 9.17) is 0 Å². The number of nitrogens with one attached hydrogen (secondary N) is 1. The van der Waals surface area contributed by atoms with Crippen LogP contribution in [-0.4, -0.2) is 16.5 Å². The molecule has 2 aromatic rings. The average Bonchev–Trinajstić information content (AvgIpc) is 2.81. The van der Waals surface area contributed by atoms with Crippen molar-refractivity contribution < 1.29 is 0 Å². The Morgan fingerprint density at radius 3 is 2.58 bits per heavy atom. The first-order chi connectivity index (χ1) is 9.31. The van der Waals surface area contributed by atoms with E-state index in [1.54, 1.807) is 6.33 Å². The summed E-state index contributed by atoms with van der Waals surface area (Å²) in [7, 11) is 0. The molecule has 1 aliphatic carbocycles. The molecule has 3 heteroatoms. The summed E-state index contributed by atoms with van der Waals surface area (Å²) >= 11 is 0. The monoisotopic (exact) mass is 253 g/mol. The molecular weight excluding hydrogens is 234 g/mol. The van der Waals surface area contributed by atoms with Crippen molar-refractivity contribution in [1.82, 2.24) is 9.97 Å². The Bertz CT molecular complexity index is 540. The van der Waals surface area contributed by atoms with Crippen LogP contribution in [0.3, 0.4) is 0 Å². The molecule has 1 heterocycles. The second-order valence-electron chi connectivity index (χ2n) is 5.30. The van der Waals surface area contributed by atoms with Crippen LogP contribution in [-0.2, 0) is 12.8 Å². The predicted molar refractivity (Wildman–Crippen MR) is 77.2 cm³/mol. The zero-order chi connectivity index (χ0) is 13.1. The van der Waals surface area contributed by atoms with E-state index in [2.05, 4.69) is 39.6 Å². The number of anilines is 1. The molecule has 0 fully saturated rings. The maximum absolute atomic E-state index is 4.22. The fraction of sp³-hybridized carbons (Fsp3) is 0.375. The van der Waals surface area contributed by atoms with Crippen LogP contribution in [0.4, 0.5) is 5.82 Å². The number of hydrogen-bond donors (Lipinski definition) is 1. The second-order valence-corrected chi connectivity index (χ2v) is 5.30. The van der Waals surface area contributed by atoms with Gasteiger partial charge >= 0.3 is 0 Å². The van der Waals surface area contributed by atoms with Gasteiger partial charge in [0.25, 0.3) is 0 Å².